The highest BCUT2D eigenvalue weighted by molar-refractivity contribution is 5.91. The van der Waals surface area contributed by atoms with Crippen LogP contribution in [0.2, 0.25) is 0 Å². The number of likely N-dealkylation sites (N-methyl/N-ethyl adjacent to an activating group) is 1. The van der Waals surface area contributed by atoms with E-state index in [0.29, 0.717) is 13.1 Å². The molecule has 2 unspecified atom stereocenters. The molecule has 0 aliphatic carbocycles. The second kappa shape index (κ2) is 6.75. The number of hydrogen-bond donors (Lipinski definition) is 3. The Labute approximate surface area is 123 Å². The highest BCUT2D eigenvalue weighted by atomic mass is 16.4. The second-order valence-corrected chi connectivity index (χ2v) is 5.65. The van der Waals surface area contributed by atoms with Crippen molar-refractivity contribution in [3.05, 3.63) is 0 Å². The molecule has 0 spiro atoms. The molecule has 2 fully saturated rings. The number of aliphatic carboxylic acids is 1. The molecule has 0 bridgehead atoms. The van der Waals surface area contributed by atoms with Crippen LogP contribution in [0.3, 0.4) is 0 Å². The summed E-state index contributed by atoms with van der Waals surface area (Å²) in [5.74, 6) is -1.49. The lowest BCUT2D eigenvalue weighted by molar-refractivity contribution is -0.142. The van der Waals surface area contributed by atoms with E-state index in [-0.39, 0.29) is 18.5 Å². The van der Waals surface area contributed by atoms with Crippen molar-refractivity contribution in [2.45, 2.75) is 31.3 Å². The molecular weight excluding hydrogens is 276 g/mol. The first-order valence-electron chi connectivity index (χ1n) is 7.22. The zero-order valence-electron chi connectivity index (χ0n) is 12.2. The smallest absolute Gasteiger partial charge is 0.318 e. The van der Waals surface area contributed by atoms with E-state index in [2.05, 4.69) is 15.5 Å². The van der Waals surface area contributed by atoms with Gasteiger partial charge in [-0.1, -0.05) is 0 Å². The van der Waals surface area contributed by atoms with Crippen LogP contribution in [0.25, 0.3) is 0 Å². The highest BCUT2D eigenvalue weighted by Gasteiger charge is 2.35. The zero-order chi connectivity index (χ0) is 15.4. The summed E-state index contributed by atoms with van der Waals surface area (Å²) in [5.41, 5.74) is 0. The molecule has 0 aromatic heterocycles. The maximum Gasteiger partial charge on any atom is 0.318 e. The lowest BCUT2D eigenvalue weighted by Gasteiger charge is -2.37. The van der Waals surface area contributed by atoms with Gasteiger partial charge in [0.2, 0.25) is 5.91 Å². The first-order valence-corrected chi connectivity index (χ1v) is 7.22. The molecule has 2 heterocycles. The molecule has 0 radical (unpaired) electrons. The number of carboxylic acids is 1. The number of hydrogen-bond acceptors (Lipinski definition) is 4. The van der Waals surface area contributed by atoms with Crippen molar-refractivity contribution in [1.82, 2.24) is 20.4 Å². The molecule has 2 rings (SSSR count). The van der Waals surface area contributed by atoms with Gasteiger partial charge in [-0.3, -0.25) is 9.59 Å². The molecule has 0 aromatic rings. The Hall–Kier alpha value is -1.83. The molecule has 2 atom stereocenters. The van der Waals surface area contributed by atoms with Crippen molar-refractivity contribution in [2.24, 2.45) is 0 Å². The van der Waals surface area contributed by atoms with Crippen LogP contribution in [0, 0.1) is 0 Å². The summed E-state index contributed by atoms with van der Waals surface area (Å²) in [7, 11) is 2.00. The van der Waals surface area contributed by atoms with Crippen LogP contribution in [-0.4, -0.2) is 78.1 Å². The minimum atomic E-state index is -1.09. The maximum absolute atomic E-state index is 12.3. The summed E-state index contributed by atoms with van der Waals surface area (Å²) >= 11 is 0. The molecule has 2 aliphatic rings. The molecule has 8 heteroatoms. The van der Waals surface area contributed by atoms with E-state index in [1.165, 1.54) is 4.90 Å². The van der Waals surface area contributed by atoms with Crippen LogP contribution in [0.5, 0.6) is 0 Å². The Bertz CT molecular complexity index is 428. The number of likely N-dealkylation sites (tertiary alicyclic amines) is 1. The van der Waals surface area contributed by atoms with E-state index in [1.54, 1.807) is 0 Å². The standard InChI is InChI=1S/C13H22N4O4/c1-16-5-2-3-9(8-16)15-13(21)17-6-4-14-12(20)10(17)7-11(18)19/h9-10H,2-8H2,1H3,(H,14,20)(H,15,21)(H,18,19). The van der Waals surface area contributed by atoms with Crippen molar-refractivity contribution in [2.75, 3.05) is 33.2 Å². The third-order valence-electron chi connectivity index (χ3n) is 3.91. The molecule has 2 saturated heterocycles. The summed E-state index contributed by atoms with van der Waals surface area (Å²) in [4.78, 5) is 38.5. The lowest BCUT2D eigenvalue weighted by Crippen LogP contribution is -2.61. The quantitative estimate of drug-likeness (QED) is 0.624. The van der Waals surface area contributed by atoms with Crippen molar-refractivity contribution in [3.63, 3.8) is 0 Å². The number of nitrogens with zero attached hydrogens (tertiary/aromatic N) is 2. The van der Waals surface area contributed by atoms with Gasteiger partial charge in [-0.05, 0) is 26.4 Å². The van der Waals surface area contributed by atoms with Gasteiger partial charge in [0.25, 0.3) is 0 Å². The van der Waals surface area contributed by atoms with Crippen LogP contribution in [0.15, 0.2) is 0 Å². The van der Waals surface area contributed by atoms with E-state index >= 15 is 0 Å². The van der Waals surface area contributed by atoms with Gasteiger partial charge in [0.1, 0.15) is 6.04 Å². The largest absolute Gasteiger partial charge is 0.481 e. The molecule has 3 N–H and O–H groups in total. The number of carbonyl (C=O) groups excluding carboxylic acids is 2. The van der Waals surface area contributed by atoms with E-state index in [1.807, 2.05) is 7.05 Å². The van der Waals surface area contributed by atoms with Gasteiger partial charge in [0.05, 0.1) is 6.42 Å². The average molecular weight is 298 g/mol. The molecular formula is C13H22N4O4. The van der Waals surface area contributed by atoms with Gasteiger partial charge in [-0.15, -0.1) is 0 Å². The maximum atomic E-state index is 12.3. The fraction of sp³-hybridized carbons (Fsp3) is 0.769. The molecule has 0 aromatic carbocycles. The minimum absolute atomic E-state index is 0.0479. The summed E-state index contributed by atoms with van der Waals surface area (Å²) in [6, 6.07) is -1.24. The Morgan fingerprint density at radius 3 is 2.86 bits per heavy atom. The van der Waals surface area contributed by atoms with Crippen molar-refractivity contribution >= 4 is 17.9 Å². The number of piperazine rings is 1. The number of carbonyl (C=O) groups is 3. The third kappa shape index (κ3) is 4.07. The van der Waals surface area contributed by atoms with E-state index in [0.717, 1.165) is 25.9 Å². The fourth-order valence-corrected chi connectivity index (χ4v) is 2.87. The van der Waals surface area contributed by atoms with Crippen LogP contribution in [0.4, 0.5) is 4.79 Å². The number of amides is 3. The van der Waals surface area contributed by atoms with Gasteiger partial charge >= 0.3 is 12.0 Å². The Morgan fingerprint density at radius 1 is 1.43 bits per heavy atom. The first kappa shape index (κ1) is 15.6. The normalized spacial score (nSPS) is 27.1. The Kier molecular flexibility index (Phi) is 5.00. The number of nitrogens with one attached hydrogen (secondary N) is 2. The molecule has 2 aliphatic heterocycles. The van der Waals surface area contributed by atoms with Crippen molar-refractivity contribution < 1.29 is 19.5 Å². The lowest BCUT2D eigenvalue weighted by atomic mass is 10.1. The number of piperidine rings is 1. The number of carboxylic acid groups (broad SMARTS) is 1. The summed E-state index contributed by atoms with van der Waals surface area (Å²) < 4.78 is 0. The van der Waals surface area contributed by atoms with E-state index in [9.17, 15) is 14.4 Å². The fourth-order valence-electron chi connectivity index (χ4n) is 2.87. The Morgan fingerprint density at radius 2 is 2.19 bits per heavy atom. The van der Waals surface area contributed by atoms with Crippen molar-refractivity contribution in [3.8, 4) is 0 Å². The van der Waals surface area contributed by atoms with Gasteiger partial charge < -0.3 is 25.5 Å². The third-order valence-corrected chi connectivity index (χ3v) is 3.91. The van der Waals surface area contributed by atoms with Gasteiger partial charge in [0, 0.05) is 25.7 Å². The predicted octanol–water partition coefficient (Wildman–Crippen LogP) is -0.935. The molecule has 3 amide bonds. The monoisotopic (exact) mass is 298 g/mol. The van der Waals surface area contributed by atoms with Crippen LogP contribution < -0.4 is 10.6 Å². The number of rotatable bonds is 3. The highest BCUT2D eigenvalue weighted by Crippen LogP contribution is 2.12. The summed E-state index contributed by atoms with van der Waals surface area (Å²) in [6.07, 6.45) is 1.55. The number of urea groups is 1. The first-order chi connectivity index (χ1) is 9.97. The van der Waals surface area contributed by atoms with Gasteiger partial charge in [-0.2, -0.15) is 0 Å². The molecule has 118 valence electrons. The molecule has 8 nitrogen and oxygen atoms in total. The van der Waals surface area contributed by atoms with Crippen LogP contribution in [-0.2, 0) is 9.59 Å². The minimum Gasteiger partial charge on any atom is -0.481 e. The average Bonchev–Trinajstić information content (AvgIpc) is 2.40. The zero-order valence-corrected chi connectivity index (χ0v) is 12.2. The van der Waals surface area contributed by atoms with Crippen molar-refractivity contribution in [1.29, 1.82) is 0 Å². The Balaban J connectivity index is 1.97. The predicted molar refractivity (Wildman–Crippen MR) is 74.8 cm³/mol. The second-order valence-electron chi connectivity index (χ2n) is 5.65. The van der Waals surface area contributed by atoms with E-state index < -0.39 is 17.9 Å². The van der Waals surface area contributed by atoms with Crippen LogP contribution in [0.1, 0.15) is 19.3 Å². The van der Waals surface area contributed by atoms with Gasteiger partial charge in [-0.25, -0.2) is 4.79 Å². The van der Waals surface area contributed by atoms with E-state index in [4.69, 9.17) is 5.11 Å². The molecule has 0 saturated carbocycles. The van der Waals surface area contributed by atoms with Crippen LogP contribution >= 0.6 is 0 Å². The van der Waals surface area contributed by atoms with Gasteiger partial charge in [0.15, 0.2) is 0 Å². The molecule has 21 heavy (non-hydrogen) atoms. The topological polar surface area (TPSA) is 102 Å². The SMILES string of the molecule is CN1CCCC(NC(=O)N2CCNC(=O)C2CC(=O)O)C1. The summed E-state index contributed by atoms with van der Waals surface area (Å²) in [5, 5.41) is 14.4. The summed E-state index contributed by atoms with van der Waals surface area (Å²) in [6.45, 7) is 2.47.